The fourth-order valence-electron chi connectivity index (χ4n) is 2.78. The normalized spacial score (nSPS) is 13.5. The highest BCUT2D eigenvalue weighted by molar-refractivity contribution is 7.03. The number of benzene rings is 2. The number of aromatic nitrogens is 2. The first-order valence-corrected chi connectivity index (χ1v) is 9.50. The molecular weight excluding hydrogens is 366 g/mol. The Balaban J connectivity index is 1.20. The molecule has 1 aliphatic rings. The van der Waals surface area contributed by atoms with E-state index in [-0.39, 0.29) is 13.4 Å². The number of hydrogen-bond acceptors (Lipinski definition) is 7. The molecule has 1 aromatic heterocycles. The van der Waals surface area contributed by atoms with E-state index in [9.17, 15) is 5.11 Å². The second-order valence-corrected chi connectivity index (χ2v) is 6.81. The summed E-state index contributed by atoms with van der Waals surface area (Å²) >= 11 is 1.32. The van der Waals surface area contributed by atoms with E-state index in [1.165, 1.54) is 11.5 Å². The van der Waals surface area contributed by atoms with Gasteiger partial charge < -0.3 is 24.6 Å². The minimum Gasteiger partial charge on any atom is -0.491 e. The first kappa shape index (κ1) is 17.7. The molecule has 2 aromatic carbocycles. The smallest absolute Gasteiger partial charge is 0.231 e. The number of aliphatic hydroxyl groups excluding tert-OH is 1. The maximum absolute atomic E-state index is 10.1. The minimum atomic E-state index is -0.554. The number of rotatable bonds is 8. The predicted octanol–water partition coefficient (Wildman–Crippen LogP) is 1.44. The lowest BCUT2D eigenvalue weighted by Gasteiger charge is -2.12. The lowest BCUT2D eigenvalue weighted by atomic mass is 10.2. The van der Waals surface area contributed by atoms with Crippen LogP contribution in [0.5, 0.6) is 17.2 Å². The van der Waals surface area contributed by atoms with Gasteiger partial charge in [0.05, 0.1) is 0 Å². The first-order valence-electron chi connectivity index (χ1n) is 8.66. The van der Waals surface area contributed by atoms with Crippen molar-refractivity contribution in [3.63, 3.8) is 0 Å². The molecule has 27 heavy (non-hydrogen) atoms. The summed E-state index contributed by atoms with van der Waals surface area (Å²) in [6.07, 6.45) is -0.554. The Morgan fingerprint density at radius 1 is 1.15 bits per heavy atom. The first-order chi connectivity index (χ1) is 13.3. The molecule has 7 nitrogen and oxygen atoms in total. The second-order valence-electron chi connectivity index (χ2n) is 6.20. The molecule has 3 N–H and O–H groups in total. The third-order valence-electron chi connectivity index (χ3n) is 4.21. The van der Waals surface area contributed by atoms with E-state index in [4.69, 9.17) is 14.2 Å². The quantitative estimate of drug-likeness (QED) is 0.609. The maximum atomic E-state index is 10.1. The van der Waals surface area contributed by atoms with Gasteiger partial charge in [0.1, 0.15) is 37.2 Å². The zero-order valence-corrected chi connectivity index (χ0v) is 15.4. The number of quaternary nitrogens is 1. The van der Waals surface area contributed by atoms with Crippen LogP contribution in [0, 0.1) is 0 Å². The Bertz CT molecular complexity index is 871. The van der Waals surface area contributed by atoms with Gasteiger partial charge in [0, 0.05) is 16.5 Å². The monoisotopic (exact) mass is 386 g/mol. The lowest BCUT2D eigenvalue weighted by Crippen LogP contribution is -2.85. The molecule has 3 aromatic rings. The Labute approximate surface area is 160 Å². The van der Waals surface area contributed by atoms with E-state index in [0.717, 1.165) is 40.6 Å². The van der Waals surface area contributed by atoms with Crippen molar-refractivity contribution >= 4 is 11.5 Å². The van der Waals surface area contributed by atoms with Gasteiger partial charge in [-0.2, -0.15) is 0 Å². The van der Waals surface area contributed by atoms with Crippen molar-refractivity contribution in [1.29, 1.82) is 0 Å². The van der Waals surface area contributed by atoms with Gasteiger partial charge in [-0.1, -0.05) is 4.49 Å². The predicted molar refractivity (Wildman–Crippen MR) is 99.9 cm³/mol. The van der Waals surface area contributed by atoms with Gasteiger partial charge >= 0.3 is 0 Å². The molecule has 4 rings (SSSR count). The highest BCUT2D eigenvalue weighted by atomic mass is 32.1. The Morgan fingerprint density at radius 3 is 2.81 bits per heavy atom. The van der Waals surface area contributed by atoms with Crippen LogP contribution >= 0.6 is 11.5 Å². The van der Waals surface area contributed by atoms with Crippen LogP contribution in [0.3, 0.4) is 0 Å². The van der Waals surface area contributed by atoms with Crippen molar-refractivity contribution in [2.45, 2.75) is 12.6 Å². The molecule has 0 unspecified atom stereocenters. The van der Waals surface area contributed by atoms with Crippen molar-refractivity contribution in [2.24, 2.45) is 0 Å². The summed E-state index contributed by atoms with van der Waals surface area (Å²) in [4.78, 5) is 0. The molecule has 0 bridgehead atoms. The number of nitrogens with zero attached hydrogens (tertiary/aromatic N) is 2. The molecule has 0 radical (unpaired) electrons. The average molecular weight is 386 g/mol. The van der Waals surface area contributed by atoms with Gasteiger partial charge in [-0.15, -0.1) is 5.10 Å². The lowest BCUT2D eigenvalue weighted by molar-refractivity contribution is -0.676. The van der Waals surface area contributed by atoms with Crippen LogP contribution in [0.1, 0.15) is 5.56 Å². The van der Waals surface area contributed by atoms with E-state index >= 15 is 0 Å². The third kappa shape index (κ3) is 4.54. The number of ether oxygens (including phenoxy) is 3. The van der Waals surface area contributed by atoms with E-state index in [1.807, 2.05) is 53.2 Å². The summed E-state index contributed by atoms with van der Waals surface area (Å²) in [6.45, 7) is 1.83. The molecule has 8 heteroatoms. The summed E-state index contributed by atoms with van der Waals surface area (Å²) in [7, 11) is 0. The minimum absolute atomic E-state index is 0.245. The van der Waals surface area contributed by atoms with Gasteiger partial charge in [-0.25, -0.2) is 0 Å². The van der Waals surface area contributed by atoms with Crippen LogP contribution in [0.25, 0.3) is 11.3 Å². The molecular formula is C19H20N3O4S+. The molecule has 0 amide bonds. The number of aliphatic hydroxyl groups is 1. The summed E-state index contributed by atoms with van der Waals surface area (Å²) in [5.74, 6) is 2.28. The SMILES string of the molecule is O[C@H](C[NH2+]Cc1ccc2c(c1)OCO2)COc1ccc(-c2csnn2)cc1. The average Bonchev–Trinajstić information content (AvgIpc) is 3.38. The van der Waals surface area contributed by atoms with Gasteiger partial charge in [-0.05, 0) is 54.0 Å². The van der Waals surface area contributed by atoms with E-state index in [2.05, 4.69) is 9.59 Å². The summed E-state index contributed by atoms with van der Waals surface area (Å²) in [5.41, 5.74) is 2.97. The molecule has 0 saturated heterocycles. The second kappa shape index (κ2) is 8.34. The van der Waals surface area contributed by atoms with Crippen molar-refractivity contribution < 1.29 is 24.6 Å². The van der Waals surface area contributed by atoms with Crippen LogP contribution < -0.4 is 19.5 Å². The molecule has 0 saturated carbocycles. The number of fused-ring (bicyclic) bond motifs is 1. The zero-order valence-electron chi connectivity index (χ0n) is 14.6. The van der Waals surface area contributed by atoms with Crippen molar-refractivity contribution in [1.82, 2.24) is 9.59 Å². The summed E-state index contributed by atoms with van der Waals surface area (Å²) in [6, 6.07) is 13.5. The van der Waals surface area contributed by atoms with Gasteiger partial charge in [-0.3, -0.25) is 0 Å². The third-order valence-corrected chi connectivity index (χ3v) is 4.71. The van der Waals surface area contributed by atoms with Gasteiger partial charge in [0.2, 0.25) is 6.79 Å². The fourth-order valence-corrected chi connectivity index (χ4v) is 3.25. The molecule has 0 fully saturated rings. The fraction of sp³-hybridized carbons (Fsp3) is 0.263. The molecule has 0 spiro atoms. The molecule has 1 atom stereocenters. The van der Waals surface area contributed by atoms with Crippen LogP contribution in [0.2, 0.25) is 0 Å². The highest BCUT2D eigenvalue weighted by Crippen LogP contribution is 2.32. The van der Waals surface area contributed by atoms with E-state index in [1.54, 1.807) is 0 Å². The van der Waals surface area contributed by atoms with Gasteiger partial charge in [0.15, 0.2) is 11.5 Å². The topological polar surface area (TPSA) is 90.3 Å². The molecule has 140 valence electrons. The van der Waals surface area contributed by atoms with Crippen molar-refractivity contribution in [3.8, 4) is 28.5 Å². The number of hydrogen-bond donors (Lipinski definition) is 2. The Hall–Kier alpha value is -2.68. The zero-order chi connectivity index (χ0) is 18.5. The molecule has 1 aliphatic heterocycles. The van der Waals surface area contributed by atoms with Crippen LogP contribution in [-0.4, -0.2) is 40.7 Å². The summed E-state index contributed by atoms with van der Waals surface area (Å²) in [5, 5.41) is 18.1. The van der Waals surface area contributed by atoms with E-state index in [0.29, 0.717) is 6.54 Å². The van der Waals surface area contributed by atoms with Crippen molar-refractivity contribution in [2.75, 3.05) is 19.9 Å². The summed E-state index contributed by atoms with van der Waals surface area (Å²) < 4.78 is 20.2. The molecule has 0 aliphatic carbocycles. The Kier molecular flexibility index (Phi) is 5.47. The standard InChI is InChI=1S/C19H19N3O4S/c23-15(9-20-8-13-1-6-18-19(7-13)26-12-25-18)10-24-16-4-2-14(3-5-16)17-11-27-22-21-17/h1-7,11,15,20,23H,8-10,12H2/p+1/t15-/m1/s1. The van der Waals surface area contributed by atoms with Crippen molar-refractivity contribution in [3.05, 3.63) is 53.4 Å². The van der Waals surface area contributed by atoms with E-state index < -0.39 is 6.10 Å². The van der Waals surface area contributed by atoms with Crippen LogP contribution in [0.15, 0.2) is 47.8 Å². The number of nitrogens with two attached hydrogens (primary N) is 1. The highest BCUT2D eigenvalue weighted by Gasteiger charge is 2.14. The largest absolute Gasteiger partial charge is 0.491 e. The molecule has 2 heterocycles. The van der Waals surface area contributed by atoms with Gasteiger partial charge in [0.25, 0.3) is 0 Å². The van der Waals surface area contributed by atoms with Crippen LogP contribution in [-0.2, 0) is 6.54 Å². The van der Waals surface area contributed by atoms with Crippen LogP contribution in [0.4, 0.5) is 0 Å². The maximum Gasteiger partial charge on any atom is 0.231 e. The Morgan fingerprint density at radius 2 is 2.00 bits per heavy atom.